The molecule has 78 valence electrons. The molecule has 1 rings (SSSR count). The normalized spacial score (nSPS) is 12.8. The summed E-state index contributed by atoms with van der Waals surface area (Å²) in [6.07, 6.45) is 3.81. The van der Waals surface area contributed by atoms with Crippen LogP contribution in [-0.2, 0) is 7.05 Å². The van der Waals surface area contributed by atoms with Crippen molar-refractivity contribution in [2.75, 3.05) is 13.1 Å². The first kappa shape index (κ1) is 10.9. The van der Waals surface area contributed by atoms with E-state index in [1.54, 1.807) is 4.68 Å². The molecule has 0 aliphatic carbocycles. The number of hydrogen-bond donors (Lipinski definition) is 2. The first-order chi connectivity index (χ1) is 6.63. The second kappa shape index (κ2) is 4.93. The lowest BCUT2D eigenvalue weighted by Crippen LogP contribution is -2.29. The van der Waals surface area contributed by atoms with Crippen LogP contribution in [0.4, 0.5) is 0 Å². The van der Waals surface area contributed by atoms with Crippen molar-refractivity contribution >= 4 is 0 Å². The van der Waals surface area contributed by atoms with Crippen LogP contribution in [-0.4, -0.2) is 22.9 Å². The first-order valence-corrected chi connectivity index (χ1v) is 4.70. The highest BCUT2D eigenvalue weighted by Gasteiger charge is 2.09. The Morgan fingerprint density at radius 2 is 2.50 bits per heavy atom. The zero-order valence-electron chi connectivity index (χ0n) is 8.83. The van der Waals surface area contributed by atoms with Gasteiger partial charge in [-0.05, 0) is 6.92 Å². The molecule has 0 aromatic carbocycles. The summed E-state index contributed by atoms with van der Waals surface area (Å²) in [5.41, 5.74) is 7.90. The van der Waals surface area contributed by atoms with Gasteiger partial charge in [0.15, 0.2) is 0 Å². The zero-order valence-corrected chi connectivity index (χ0v) is 8.83. The van der Waals surface area contributed by atoms with E-state index < -0.39 is 0 Å². The predicted octanol–water partition coefficient (Wildman–Crippen LogP) is 0.586. The number of aryl methyl sites for hydroxylation is 1. The van der Waals surface area contributed by atoms with Crippen molar-refractivity contribution in [3.63, 3.8) is 0 Å². The van der Waals surface area contributed by atoms with Crippen molar-refractivity contribution in [2.45, 2.75) is 13.0 Å². The Hall–Kier alpha value is -1.13. The molecule has 0 fully saturated rings. The van der Waals surface area contributed by atoms with Crippen LogP contribution in [0.3, 0.4) is 0 Å². The molecule has 4 nitrogen and oxygen atoms in total. The molecule has 0 aliphatic rings. The van der Waals surface area contributed by atoms with Gasteiger partial charge in [-0.3, -0.25) is 4.68 Å². The third-order valence-electron chi connectivity index (χ3n) is 2.01. The van der Waals surface area contributed by atoms with Crippen LogP contribution in [0.25, 0.3) is 0 Å². The van der Waals surface area contributed by atoms with Crippen LogP contribution in [0, 0.1) is 0 Å². The van der Waals surface area contributed by atoms with Crippen molar-refractivity contribution in [1.29, 1.82) is 0 Å². The van der Waals surface area contributed by atoms with Gasteiger partial charge >= 0.3 is 0 Å². The monoisotopic (exact) mass is 194 g/mol. The molecule has 0 bridgehead atoms. The van der Waals surface area contributed by atoms with Crippen molar-refractivity contribution in [3.05, 3.63) is 30.1 Å². The maximum absolute atomic E-state index is 5.67. The molecule has 1 atom stereocenters. The first-order valence-electron chi connectivity index (χ1n) is 4.70. The molecule has 1 unspecified atom stereocenters. The molecule has 0 aliphatic heterocycles. The van der Waals surface area contributed by atoms with Gasteiger partial charge in [0.05, 0.1) is 6.20 Å². The van der Waals surface area contributed by atoms with Crippen LogP contribution < -0.4 is 11.1 Å². The average Bonchev–Trinajstić information content (AvgIpc) is 2.53. The molecule has 0 spiro atoms. The second-order valence-corrected chi connectivity index (χ2v) is 3.57. The van der Waals surface area contributed by atoms with E-state index in [-0.39, 0.29) is 6.04 Å². The van der Waals surface area contributed by atoms with Gasteiger partial charge in [0, 0.05) is 37.9 Å². The number of rotatable bonds is 5. The second-order valence-electron chi connectivity index (χ2n) is 3.57. The van der Waals surface area contributed by atoms with E-state index in [0.717, 1.165) is 17.7 Å². The molecular weight excluding hydrogens is 176 g/mol. The maximum atomic E-state index is 5.67. The number of hydrogen-bond acceptors (Lipinski definition) is 3. The molecule has 1 aromatic heterocycles. The Balaban J connectivity index is 2.58. The number of nitrogens with one attached hydrogen (secondary N) is 1. The van der Waals surface area contributed by atoms with Crippen molar-refractivity contribution < 1.29 is 0 Å². The molecular formula is C10H18N4. The third kappa shape index (κ3) is 2.97. The highest BCUT2D eigenvalue weighted by atomic mass is 15.2. The summed E-state index contributed by atoms with van der Waals surface area (Å²) < 4.78 is 1.78. The zero-order chi connectivity index (χ0) is 10.6. The summed E-state index contributed by atoms with van der Waals surface area (Å²) in [4.78, 5) is 0. The van der Waals surface area contributed by atoms with Crippen LogP contribution in [0.15, 0.2) is 24.5 Å². The minimum atomic E-state index is 0.167. The van der Waals surface area contributed by atoms with E-state index in [0.29, 0.717) is 6.54 Å². The fourth-order valence-electron chi connectivity index (χ4n) is 1.25. The van der Waals surface area contributed by atoms with Gasteiger partial charge in [-0.1, -0.05) is 12.2 Å². The number of nitrogens with zero attached hydrogens (tertiary/aromatic N) is 2. The van der Waals surface area contributed by atoms with E-state index in [9.17, 15) is 0 Å². The SMILES string of the molecule is C=C(C)CNC(CN)c1cnn(C)c1. The molecule has 3 N–H and O–H groups in total. The van der Waals surface area contributed by atoms with E-state index >= 15 is 0 Å². The Morgan fingerprint density at radius 3 is 2.93 bits per heavy atom. The minimum absolute atomic E-state index is 0.167. The fourth-order valence-corrected chi connectivity index (χ4v) is 1.25. The van der Waals surface area contributed by atoms with E-state index in [2.05, 4.69) is 17.0 Å². The van der Waals surface area contributed by atoms with Gasteiger partial charge in [0.2, 0.25) is 0 Å². The fraction of sp³-hybridized carbons (Fsp3) is 0.500. The molecule has 0 saturated heterocycles. The van der Waals surface area contributed by atoms with E-state index in [1.807, 2.05) is 26.4 Å². The van der Waals surface area contributed by atoms with Gasteiger partial charge in [-0.15, -0.1) is 0 Å². The van der Waals surface area contributed by atoms with Crippen LogP contribution in [0.5, 0.6) is 0 Å². The summed E-state index contributed by atoms with van der Waals surface area (Å²) >= 11 is 0. The van der Waals surface area contributed by atoms with Crippen molar-refractivity contribution in [2.24, 2.45) is 12.8 Å². The van der Waals surface area contributed by atoms with Crippen LogP contribution >= 0.6 is 0 Å². The molecule has 1 aromatic rings. The smallest absolute Gasteiger partial charge is 0.0538 e. The minimum Gasteiger partial charge on any atom is -0.329 e. The van der Waals surface area contributed by atoms with E-state index in [4.69, 9.17) is 5.73 Å². The van der Waals surface area contributed by atoms with Gasteiger partial charge in [-0.2, -0.15) is 5.10 Å². The van der Waals surface area contributed by atoms with Crippen molar-refractivity contribution in [3.8, 4) is 0 Å². The summed E-state index contributed by atoms with van der Waals surface area (Å²) in [5, 5.41) is 7.43. The molecule has 14 heavy (non-hydrogen) atoms. The lowest BCUT2D eigenvalue weighted by Gasteiger charge is -2.14. The molecule has 1 heterocycles. The quantitative estimate of drug-likeness (QED) is 0.674. The van der Waals surface area contributed by atoms with Gasteiger partial charge in [-0.25, -0.2) is 0 Å². The molecule has 0 amide bonds. The summed E-state index contributed by atoms with van der Waals surface area (Å²) in [5.74, 6) is 0. The average molecular weight is 194 g/mol. The van der Waals surface area contributed by atoms with Crippen LogP contribution in [0.1, 0.15) is 18.5 Å². The van der Waals surface area contributed by atoms with Gasteiger partial charge in [0.1, 0.15) is 0 Å². The predicted molar refractivity (Wildman–Crippen MR) is 57.8 cm³/mol. The van der Waals surface area contributed by atoms with Gasteiger partial charge < -0.3 is 11.1 Å². The number of aromatic nitrogens is 2. The maximum Gasteiger partial charge on any atom is 0.0538 e. The lowest BCUT2D eigenvalue weighted by molar-refractivity contribution is 0.569. The Morgan fingerprint density at radius 1 is 1.79 bits per heavy atom. The topological polar surface area (TPSA) is 55.9 Å². The van der Waals surface area contributed by atoms with Crippen molar-refractivity contribution in [1.82, 2.24) is 15.1 Å². The standard InChI is InChI=1S/C10H18N4/c1-8(2)5-12-10(4-11)9-6-13-14(3)7-9/h6-7,10,12H,1,4-5,11H2,2-3H3. The summed E-state index contributed by atoms with van der Waals surface area (Å²) in [7, 11) is 1.90. The molecule has 4 heteroatoms. The van der Waals surface area contributed by atoms with Gasteiger partial charge in [0.25, 0.3) is 0 Å². The summed E-state index contributed by atoms with van der Waals surface area (Å²) in [6, 6.07) is 0.167. The Bertz CT molecular complexity index is 303. The van der Waals surface area contributed by atoms with Crippen LogP contribution in [0.2, 0.25) is 0 Å². The summed E-state index contributed by atoms with van der Waals surface area (Å²) in [6.45, 7) is 7.18. The largest absolute Gasteiger partial charge is 0.329 e. The highest BCUT2D eigenvalue weighted by Crippen LogP contribution is 2.09. The lowest BCUT2D eigenvalue weighted by atomic mass is 10.1. The Kier molecular flexibility index (Phi) is 3.85. The third-order valence-corrected chi connectivity index (χ3v) is 2.01. The molecule has 0 radical (unpaired) electrons. The highest BCUT2D eigenvalue weighted by molar-refractivity contribution is 5.11. The van der Waals surface area contributed by atoms with E-state index in [1.165, 1.54) is 0 Å². The number of nitrogens with two attached hydrogens (primary N) is 1. The Labute approximate surface area is 84.8 Å². The molecule has 0 saturated carbocycles.